The summed E-state index contributed by atoms with van der Waals surface area (Å²) in [5.74, 6) is -0.00121. The molecule has 8 nitrogen and oxygen atoms in total. The van der Waals surface area contributed by atoms with Gasteiger partial charge in [-0.3, -0.25) is 14.3 Å². The van der Waals surface area contributed by atoms with Gasteiger partial charge in [-0.05, 0) is 26.6 Å². The fourth-order valence-electron chi connectivity index (χ4n) is 3.10. The van der Waals surface area contributed by atoms with E-state index in [-0.39, 0.29) is 17.9 Å². The average Bonchev–Trinajstić information content (AvgIpc) is 2.88. The minimum absolute atomic E-state index is 0.00121. The Kier molecular flexibility index (Phi) is 5.53. The van der Waals surface area contributed by atoms with Crippen molar-refractivity contribution in [1.29, 1.82) is 0 Å². The van der Waals surface area contributed by atoms with Crippen LogP contribution in [-0.4, -0.2) is 62.3 Å². The van der Waals surface area contributed by atoms with E-state index in [1.54, 1.807) is 21.9 Å². The minimum Gasteiger partial charge on any atom is -0.385 e. The zero-order valence-electron chi connectivity index (χ0n) is 15.2. The first-order chi connectivity index (χ1) is 12.4. The number of aromatic nitrogens is 3. The van der Waals surface area contributed by atoms with Crippen molar-refractivity contribution in [2.24, 2.45) is 0 Å². The molecule has 0 saturated heterocycles. The highest BCUT2D eigenvalue weighted by atomic mass is 16.3. The van der Waals surface area contributed by atoms with Crippen LogP contribution >= 0.6 is 0 Å². The van der Waals surface area contributed by atoms with E-state index in [2.05, 4.69) is 5.10 Å². The van der Waals surface area contributed by atoms with Gasteiger partial charge >= 0.3 is 0 Å². The van der Waals surface area contributed by atoms with Crippen LogP contribution in [0.2, 0.25) is 0 Å². The Morgan fingerprint density at radius 3 is 2.73 bits per heavy atom. The number of nitrogens with zero attached hydrogens (tertiary/aromatic N) is 5. The van der Waals surface area contributed by atoms with Crippen LogP contribution in [0.1, 0.15) is 23.9 Å². The van der Waals surface area contributed by atoms with E-state index in [1.165, 1.54) is 12.1 Å². The number of aliphatic hydroxyl groups is 1. The van der Waals surface area contributed by atoms with Gasteiger partial charge in [-0.15, -0.1) is 0 Å². The summed E-state index contributed by atoms with van der Waals surface area (Å²) >= 11 is 0. The maximum atomic E-state index is 12.6. The van der Waals surface area contributed by atoms with Gasteiger partial charge in [0.25, 0.3) is 0 Å². The molecule has 26 heavy (non-hydrogen) atoms. The molecule has 2 aromatic rings. The number of fused-ring (bicyclic) bond motifs is 1. The van der Waals surface area contributed by atoms with Gasteiger partial charge < -0.3 is 19.5 Å². The highest BCUT2D eigenvalue weighted by molar-refractivity contribution is 5.76. The molecular formula is C18H25N5O3. The highest BCUT2D eigenvalue weighted by Crippen LogP contribution is 2.19. The number of pyridine rings is 1. The third-order valence-corrected chi connectivity index (χ3v) is 4.44. The molecule has 0 aromatic carbocycles. The first-order valence-electron chi connectivity index (χ1n) is 8.75. The number of carbonyl (C=O) groups is 1. The third-order valence-electron chi connectivity index (χ3n) is 4.44. The van der Waals surface area contributed by atoms with E-state index >= 15 is 0 Å². The topological polar surface area (TPSA) is 83.6 Å². The van der Waals surface area contributed by atoms with Crippen molar-refractivity contribution >= 4 is 5.91 Å². The zero-order valence-corrected chi connectivity index (χ0v) is 15.2. The van der Waals surface area contributed by atoms with E-state index in [9.17, 15) is 14.7 Å². The molecule has 0 saturated carbocycles. The fourth-order valence-corrected chi connectivity index (χ4v) is 3.10. The zero-order chi connectivity index (χ0) is 18.7. The summed E-state index contributed by atoms with van der Waals surface area (Å²) in [5.41, 5.74) is 1.50. The Morgan fingerprint density at radius 2 is 2.04 bits per heavy atom. The predicted molar refractivity (Wildman–Crippen MR) is 96.5 cm³/mol. The van der Waals surface area contributed by atoms with Crippen LogP contribution < -0.4 is 5.43 Å². The van der Waals surface area contributed by atoms with Gasteiger partial charge in [0.05, 0.1) is 17.9 Å². The highest BCUT2D eigenvalue weighted by Gasteiger charge is 2.22. The molecule has 0 aliphatic carbocycles. The summed E-state index contributed by atoms with van der Waals surface area (Å²) in [7, 11) is 3.81. The average molecular weight is 359 g/mol. The van der Waals surface area contributed by atoms with Crippen LogP contribution in [-0.2, 0) is 24.4 Å². The summed E-state index contributed by atoms with van der Waals surface area (Å²) < 4.78 is 3.60. The van der Waals surface area contributed by atoms with Gasteiger partial charge in [0.2, 0.25) is 5.91 Å². The Bertz CT molecular complexity index is 806. The quantitative estimate of drug-likeness (QED) is 0.817. The van der Waals surface area contributed by atoms with Crippen LogP contribution in [0.5, 0.6) is 0 Å². The number of likely N-dealkylation sites (N-methyl/N-ethyl adjacent to an activating group) is 1. The summed E-state index contributed by atoms with van der Waals surface area (Å²) in [6.45, 7) is 2.57. The van der Waals surface area contributed by atoms with Crippen molar-refractivity contribution in [2.75, 3.05) is 27.2 Å². The summed E-state index contributed by atoms with van der Waals surface area (Å²) in [6.07, 6.45) is 3.42. The molecule has 1 unspecified atom stereocenters. The van der Waals surface area contributed by atoms with Gasteiger partial charge in [0, 0.05) is 44.2 Å². The molecule has 0 fully saturated rings. The molecule has 8 heteroatoms. The first kappa shape index (κ1) is 18.3. The lowest BCUT2D eigenvalue weighted by molar-refractivity contribution is -0.132. The molecule has 1 atom stereocenters. The lowest BCUT2D eigenvalue weighted by Crippen LogP contribution is -2.33. The van der Waals surface area contributed by atoms with Crippen molar-refractivity contribution in [3.05, 3.63) is 52.2 Å². The Morgan fingerprint density at radius 1 is 1.31 bits per heavy atom. The van der Waals surface area contributed by atoms with Crippen LogP contribution in [0, 0.1) is 0 Å². The summed E-state index contributed by atoms with van der Waals surface area (Å²) in [5, 5.41) is 14.8. The maximum absolute atomic E-state index is 12.6. The number of carbonyl (C=O) groups excluding carboxylic acids is 1. The van der Waals surface area contributed by atoms with Crippen LogP contribution in [0.4, 0.5) is 0 Å². The van der Waals surface area contributed by atoms with E-state index in [0.717, 1.165) is 18.7 Å². The van der Waals surface area contributed by atoms with Crippen molar-refractivity contribution < 1.29 is 9.90 Å². The second-order valence-corrected chi connectivity index (χ2v) is 6.94. The van der Waals surface area contributed by atoms with Crippen molar-refractivity contribution in [3.63, 3.8) is 0 Å². The maximum Gasteiger partial charge on any atom is 0.242 e. The van der Waals surface area contributed by atoms with Crippen LogP contribution in [0.3, 0.4) is 0 Å². The molecule has 1 amide bonds. The molecule has 1 aliphatic heterocycles. The van der Waals surface area contributed by atoms with E-state index < -0.39 is 6.10 Å². The molecule has 3 heterocycles. The molecule has 3 rings (SSSR count). The molecule has 140 valence electrons. The first-order valence-corrected chi connectivity index (χ1v) is 8.75. The smallest absolute Gasteiger partial charge is 0.242 e. The fraction of sp³-hybridized carbons (Fsp3) is 0.500. The summed E-state index contributed by atoms with van der Waals surface area (Å²) in [6, 6.07) is 4.78. The number of hydrogen-bond donors (Lipinski definition) is 1. The lowest BCUT2D eigenvalue weighted by Gasteiger charge is -2.20. The van der Waals surface area contributed by atoms with Crippen molar-refractivity contribution in [3.8, 4) is 0 Å². The van der Waals surface area contributed by atoms with Gasteiger partial charge in [-0.1, -0.05) is 0 Å². The monoisotopic (exact) mass is 359 g/mol. The summed E-state index contributed by atoms with van der Waals surface area (Å²) in [4.78, 5) is 27.5. The normalized spacial score (nSPS) is 15.6. The molecule has 1 aliphatic rings. The van der Waals surface area contributed by atoms with E-state index in [4.69, 9.17) is 0 Å². The Balaban J connectivity index is 1.70. The predicted octanol–water partition coefficient (Wildman–Crippen LogP) is 0.0723. The minimum atomic E-state index is -0.644. The number of rotatable bonds is 5. The number of amides is 1. The van der Waals surface area contributed by atoms with Gasteiger partial charge in [-0.25, -0.2) is 0 Å². The second-order valence-electron chi connectivity index (χ2n) is 6.94. The van der Waals surface area contributed by atoms with E-state index in [1.807, 2.05) is 29.7 Å². The van der Waals surface area contributed by atoms with Gasteiger partial charge in [-0.2, -0.15) is 5.10 Å². The largest absolute Gasteiger partial charge is 0.385 e. The molecule has 1 N–H and O–H groups in total. The van der Waals surface area contributed by atoms with Gasteiger partial charge in [0.15, 0.2) is 5.43 Å². The Labute approximate surface area is 152 Å². The van der Waals surface area contributed by atoms with Crippen molar-refractivity contribution in [1.82, 2.24) is 24.1 Å². The third kappa shape index (κ3) is 4.39. The molecule has 0 spiro atoms. The molecule has 0 bridgehead atoms. The molecular weight excluding hydrogens is 334 g/mol. The molecule has 2 aromatic heterocycles. The second kappa shape index (κ2) is 7.84. The standard InChI is InChI=1S/C18H25N5O3/c1-20(2)12-17(25)16-10-14-11-22(6-3-7-23(14)19-16)18(26)13-21-8-4-15(24)5-9-21/h4-5,8-10,17,25H,3,6-7,11-13H2,1-2H3. The number of aryl methyl sites for hydroxylation is 1. The Hall–Kier alpha value is -2.45. The lowest BCUT2D eigenvalue weighted by atomic mass is 10.2. The number of hydrogen-bond acceptors (Lipinski definition) is 5. The van der Waals surface area contributed by atoms with Crippen molar-refractivity contribution in [2.45, 2.75) is 32.2 Å². The van der Waals surface area contributed by atoms with Gasteiger partial charge in [0.1, 0.15) is 12.6 Å². The van der Waals surface area contributed by atoms with Crippen LogP contribution in [0.25, 0.3) is 0 Å². The van der Waals surface area contributed by atoms with Crippen LogP contribution in [0.15, 0.2) is 35.4 Å². The SMILES string of the molecule is CN(C)CC(O)c1cc2n(n1)CCCN(C(=O)Cn1ccc(=O)cc1)C2. The molecule has 0 radical (unpaired) electrons. The van der Waals surface area contributed by atoms with E-state index in [0.29, 0.717) is 25.3 Å². The number of aliphatic hydroxyl groups excluding tert-OH is 1.